The molecule has 0 saturated heterocycles. The van der Waals surface area contributed by atoms with Gasteiger partial charge in [-0.3, -0.25) is 9.59 Å². The fraction of sp³-hybridized carbons (Fsp3) is 0.333. The van der Waals surface area contributed by atoms with Crippen molar-refractivity contribution in [2.24, 2.45) is 0 Å². The van der Waals surface area contributed by atoms with E-state index in [1.807, 2.05) is 56.3 Å². The van der Waals surface area contributed by atoms with Crippen molar-refractivity contribution in [1.82, 2.24) is 0 Å². The molecule has 5 nitrogen and oxygen atoms in total. The summed E-state index contributed by atoms with van der Waals surface area (Å²) in [6, 6.07) is 13.3. The molecular weight excluding hydrogens is 330 g/mol. The molecule has 0 fully saturated rings. The molecular formula is C21H25NO4. The third-order valence-corrected chi connectivity index (χ3v) is 4.18. The molecule has 2 aromatic rings. The lowest BCUT2D eigenvalue weighted by atomic mass is 10.1. The number of aryl methyl sites for hydroxylation is 3. The van der Waals surface area contributed by atoms with Crippen LogP contribution in [0.3, 0.4) is 0 Å². The average molecular weight is 355 g/mol. The van der Waals surface area contributed by atoms with Gasteiger partial charge < -0.3 is 14.8 Å². The topological polar surface area (TPSA) is 64.6 Å². The lowest BCUT2D eigenvalue weighted by Crippen LogP contribution is -2.30. The van der Waals surface area contributed by atoms with Gasteiger partial charge in [0.1, 0.15) is 5.75 Å². The predicted molar refractivity (Wildman–Crippen MR) is 101 cm³/mol. The fourth-order valence-electron chi connectivity index (χ4n) is 2.58. The molecule has 0 spiro atoms. The molecule has 138 valence electrons. The summed E-state index contributed by atoms with van der Waals surface area (Å²) < 4.78 is 10.4. The van der Waals surface area contributed by atoms with Crippen LogP contribution < -0.4 is 10.1 Å². The first kappa shape index (κ1) is 19.5. The minimum absolute atomic E-state index is 0.216. The van der Waals surface area contributed by atoms with Crippen LogP contribution in [0.1, 0.15) is 30.0 Å². The maximum atomic E-state index is 12.3. The second kappa shape index (κ2) is 9.04. The summed E-state index contributed by atoms with van der Waals surface area (Å²) in [5.74, 6) is 0.0401. The Labute approximate surface area is 154 Å². The number of esters is 1. The maximum Gasteiger partial charge on any atom is 0.306 e. The molecule has 2 rings (SSSR count). The molecule has 0 aliphatic carbocycles. The number of carbonyl (C=O) groups excluding carboxylic acids is 2. The monoisotopic (exact) mass is 355 g/mol. The van der Waals surface area contributed by atoms with Crippen molar-refractivity contribution < 1.29 is 19.1 Å². The van der Waals surface area contributed by atoms with Crippen LogP contribution in [-0.4, -0.2) is 25.1 Å². The number of rotatable bonds is 7. The SMILES string of the molecule is COc1ccc(CCC(=O)OC(C)C(=O)Nc2c(C)cccc2C)cc1. The van der Waals surface area contributed by atoms with Gasteiger partial charge in [-0.1, -0.05) is 30.3 Å². The molecule has 0 bridgehead atoms. The summed E-state index contributed by atoms with van der Waals surface area (Å²) in [6.07, 6.45) is -0.0844. The van der Waals surface area contributed by atoms with Gasteiger partial charge in [-0.05, 0) is 56.0 Å². The summed E-state index contributed by atoms with van der Waals surface area (Å²) in [6.45, 7) is 5.43. The molecule has 0 heterocycles. The van der Waals surface area contributed by atoms with Crippen molar-refractivity contribution in [1.29, 1.82) is 0 Å². The Morgan fingerprint density at radius 1 is 1.04 bits per heavy atom. The lowest BCUT2D eigenvalue weighted by Gasteiger charge is -2.16. The number of para-hydroxylation sites is 1. The molecule has 1 N–H and O–H groups in total. The number of methoxy groups -OCH3 is 1. The minimum atomic E-state index is -0.850. The van der Waals surface area contributed by atoms with E-state index in [-0.39, 0.29) is 12.3 Å². The highest BCUT2D eigenvalue weighted by Crippen LogP contribution is 2.20. The zero-order chi connectivity index (χ0) is 19.1. The van der Waals surface area contributed by atoms with Gasteiger partial charge in [0.15, 0.2) is 6.10 Å². The highest BCUT2D eigenvalue weighted by Gasteiger charge is 2.19. The number of hydrogen-bond donors (Lipinski definition) is 1. The van der Waals surface area contributed by atoms with Crippen LogP contribution in [-0.2, 0) is 20.7 Å². The first-order valence-corrected chi connectivity index (χ1v) is 8.60. The third-order valence-electron chi connectivity index (χ3n) is 4.18. The Hall–Kier alpha value is -2.82. The van der Waals surface area contributed by atoms with E-state index in [0.29, 0.717) is 6.42 Å². The van der Waals surface area contributed by atoms with E-state index in [2.05, 4.69) is 5.32 Å². The summed E-state index contributed by atoms with van der Waals surface area (Å²) in [5, 5.41) is 2.84. The number of anilines is 1. The van der Waals surface area contributed by atoms with Crippen LogP contribution in [0, 0.1) is 13.8 Å². The van der Waals surface area contributed by atoms with Crippen LogP contribution in [0.5, 0.6) is 5.75 Å². The van der Waals surface area contributed by atoms with Crippen molar-refractivity contribution in [2.75, 3.05) is 12.4 Å². The van der Waals surface area contributed by atoms with E-state index in [1.54, 1.807) is 14.0 Å². The summed E-state index contributed by atoms with van der Waals surface area (Å²) in [7, 11) is 1.61. The zero-order valence-electron chi connectivity index (χ0n) is 15.7. The third kappa shape index (κ3) is 5.34. The van der Waals surface area contributed by atoms with Crippen LogP contribution >= 0.6 is 0 Å². The first-order chi connectivity index (χ1) is 12.4. The largest absolute Gasteiger partial charge is 0.497 e. The fourth-order valence-corrected chi connectivity index (χ4v) is 2.58. The highest BCUT2D eigenvalue weighted by molar-refractivity contribution is 5.96. The van der Waals surface area contributed by atoms with Gasteiger partial charge in [-0.25, -0.2) is 0 Å². The van der Waals surface area contributed by atoms with E-state index in [1.165, 1.54) is 0 Å². The van der Waals surface area contributed by atoms with Gasteiger partial charge in [-0.2, -0.15) is 0 Å². The molecule has 0 radical (unpaired) electrons. The molecule has 2 aromatic carbocycles. The molecule has 1 atom stereocenters. The van der Waals surface area contributed by atoms with Gasteiger partial charge in [-0.15, -0.1) is 0 Å². The van der Waals surface area contributed by atoms with Crippen molar-refractivity contribution in [2.45, 2.75) is 39.7 Å². The Kier molecular flexibility index (Phi) is 6.78. The predicted octanol–water partition coefficient (Wildman–Crippen LogP) is 3.82. The second-order valence-corrected chi connectivity index (χ2v) is 6.24. The van der Waals surface area contributed by atoms with E-state index >= 15 is 0 Å². The zero-order valence-corrected chi connectivity index (χ0v) is 15.7. The molecule has 26 heavy (non-hydrogen) atoms. The van der Waals surface area contributed by atoms with Crippen LogP contribution in [0.2, 0.25) is 0 Å². The van der Waals surface area contributed by atoms with Crippen molar-refractivity contribution in [3.05, 3.63) is 59.2 Å². The number of hydrogen-bond acceptors (Lipinski definition) is 4. The standard InChI is InChI=1S/C21H25NO4/c1-14-6-5-7-15(2)20(14)22-21(24)16(3)26-19(23)13-10-17-8-11-18(25-4)12-9-17/h5-9,11-12,16H,10,13H2,1-4H3,(H,22,24). The van der Waals surface area contributed by atoms with Gasteiger partial charge in [0, 0.05) is 12.1 Å². The number of ether oxygens (including phenoxy) is 2. The summed E-state index contributed by atoms with van der Waals surface area (Å²) >= 11 is 0. The minimum Gasteiger partial charge on any atom is -0.497 e. The van der Waals surface area contributed by atoms with Gasteiger partial charge in [0.2, 0.25) is 0 Å². The quantitative estimate of drug-likeness (QED) is 0.767. The van der Waals surface area contributed by atoms with Gasteiger partial charge in [0.25, 0.3) is 5.91 Å². The average Bonchev–Trinajstić information content (AvgIpc) is 2.63. The molecule has 1 amide bonds. The number of amides is 1. The second-order valence-electron chi connectivity index (χ2n) is 6.24. The number of nitrogens with one attached hydrogen (secondary N) is 1. The molecule has 0 aromatic heterocycles. The van der Waals surface area contributed by atoms with Crippen molar-refractivity contribution in [3.63, 3.8) is 0 Å². The molecule has 0 saturated carbocycles. The van der Waals surface area contributed by atoms with Gasteiger partial charge in [0.05, 0.1) is 7.11 Å². The molecule has 0 aliphatic heterocycles. The Bertz CT molecular complexity index is 748. The molecule has 0 aliphatic rings. The van der Waals surface area contributed by atoms with Crippen molar-refractivity contribution >= 4 is 17.6 Å². The van der Waals surface area contributed by atoms with Crippen molar-refractivity contribution in [3.8, 4) is 5.75 Å². The normalized spacial score (nSPS) is 11.5. The molecule has 5 heteroatoms. The Morgan fingerprint density at radius 3 is 2.23 bits per heavy atom. The summed E-state index contributed by atoms with van der Waals surface area (Å²) in [4.78, 5) is 24.3. The van der Waals surface area contributed by atoms with Crippen LogP contribution in [0.15, 0.2) is 42.5 Å². The number of carbonyl (C=O) groups is 2. The smallest absolute Gasteiger partial charge is 0.306 e. The van der Waals surface area contributed by atoms with E-state index in [9.17, 15) is 9.59 Å². The van der Waals surface area contributed by atoms with Crippen LogP contribution in [0.25, 0.3) is 0 Å². The number of benzene rings is 2. The van der Waals surface area contributed by atoms with Crippen LogP contribution in [0.4, 0.5) is 5.69 Å². The maximum absolute atomic E-state index is 12.3. The lowest BCUT2D eigenvalue weighted by molar-refractivity contribution is -0.153. The van der Waals surface area contributed by atoms with Gasteiger partial charge >= 0.3 is 5.97 Å². The Balaban J connectivity index is 1.84. The van der Waals surface area contributed by atoms with E-state index in [0.717, 1.165) is 28.1 Å². The van der Waals surface area contributed by atoms with E-state index in [4.69, 9.17) is 9.47 Å². The highest BCUT2D eigenvalue weighted by atomic mass is 16.5. The Morgan fingerprint density at radius 2 is 1.65 bits per heavy atom. The molecule has 1 unspecified atom stereocenters. The first-order valence-electron chi connectivity index (χ1n) is 8.60. The summed E-state index contributed by atoms with van der Waals surface area (Å²) in [5.41, 5.74) is 3.71. The van der Waals surface area contributed by atoms with E-state index < -0.39 is 12.1 Å².